The average molecular weight is 151 g/mol. The Kier molecular flexibility index (Phi) is 2.81. The van der Waals surface area contributed by atoms with Gasteiger partial charge in [-0.15, -0.1) is 0 Å². The fraction of sp³-hybridized carbons (Fsp3) is 0. The molecule has 0 atom stereocenters. The molecular formula is C10H8LiO. The Hall–Kier alpha value is -0.903. The normalized spacial score (nSPS) is 9.33. The first kappa shape index (κ1) is 9.19. The van der Waals surface area contributed by atoms with Gasteiger partial charge in [-0.25, -0.2) is 0 Å². The molecule has 2 aromatic carbocycles. The van der Waals surface area contributed by atoms with E-state index in [1.165, 1.54) is 0 Å². The summed E-state index contributed by atoms with van der Waals surface area (Å²) in [4.78, 5) is 0. The van der Waals surface area contributed by atoms with Crippen LogP contribution in [0.1, 0.15) is 0 Å². The molecule has 0 aliphatic rings. The first-order valence-electron chi connectivity index (χ1n) is 3.54. The van der Waals surface area contributed by atoms with Gasteiger partial charge in [0.2, 0.25) is 0 Å². The smallest absolute Gasteiger partial charge is 0.123 e. The van der Waals surface area contributed by atoms with E-state index in [1.54, 1.807) is 6.07 Å². The van der Waals surface area contributed by atoms with Crippen LogP contribution in [-0.4, -0.2) is 24.0 Å². The summed E-state index contributed by atoms with van der Waals surface area (Å²) in [6.07, 6.45) is 0. The second kappa shape index (κ2) is 3.67. The maximum absolute atomic E-state index is 9.37. The molecule has 0 heterocycles. The van der Waals surface area contributed by atoms with E-state index in [9.17, 15) is 5.11 Å². The first-order chi connectivity index (χ1) is 5.38. The van der Waals surface area contributed by atoms with Crippen molar-refractivity contribution >= 4 is 29.6 Å². The van der Waals surface area contributed by atoms with E-state index in [1.807, 2.05) is 36.4 Å². The molecule has 2 rings (SSSR count). The Morgan fingerprint density at radius 1 is 0.833 bits per heavy atom. The Morgan fingerprint density at radius 3 is 2.25 bits per heavy atom. The monoisotopic (exact) mass is 151 g/mol. The van der Waals surface area contributed by atoms with Gasteiger partial charge in [-0.2, -0.15) is 0 Å². The molecule has 0 amide bonds. The van der Waals surface area contributed by atoms with Crippen molar-refractivity contribution in [1.29, 1.82) is 0 Å². The van der Waals surface area contributed by atoms with Crippen LogP contribution in [0.4, 0.5) is 0 Å². The molecule has 0 aliphatic heterocycles. The zero-order valence-corrected chi connectivity index (χ0v) is 6.99. The maximum atomic E-state index is 9.37. The minimum atomic E-state index is 0. The first-order valence-corrected chi connectivity index (χ1v) is 3.54. The molecular weight excluding hydrogens is 143 g/mol. The van der Waals surface area contributed by atoms with Crippen LogP contribution in [0.5, 0.6) is 5.75 Å². The van der Waals surface area contributed by atoms with Gasteiger partial charge in [0.05, 0.1) is 0 Å². The van der Waals surface area contributed by atoms with Crippen molar-refractivity contribution < 1.29 is 5.11 Å². The summed E-state index contributed by atoms with van der Waals surface area (Å²) in [6.45, 7) is 0. The largest absolute Gasteiger partial charge is 0.507 e. The van der Waals surface area contributed by atoms with Crippen LogP contribution in [0.15, 0.2) is 42.5 Å². The van der Waals surface area contributed by atoms with Crippen LogP contribution in [-0.2, 0) is 0 Å². The van der Waals surface area contributed by atoms with Gasteiger partial charge in [-0.05, 0) is 11.5 Å². The Bertz CT molecular complexity index is 379. The van der Waals surface area contributed by atoms with Gasteiger partial charge in [-0.1, -0.05) is 36.4 Å². The number of hydrogen-bond acceptors (Lipinski definition) is 1. The average Bonchev–Trinajstić information content (AvgIpc) is 2.06. The summed E-state index contributed by atoms with van der Waals surface area (Å²) in [5, 5.41) is 11.4. The number of phenolic OH excluding ortho intramolecular Hbond substituents is 1. The number of benzene rings is 2. The molecule has 1 radical (unpaired) electrons. The van der Waals surface area contributed by atoms with Crippen molar-refractivity contribution in [1.82, 2.24) is 0 Å². The molecule has 2 aromatic rings. The molecule has 0 aliphatic carbocycles. The van der Waals surface area contributed by atoms with Gasteiger partial charge in [0.1, 0.15) is 5.75 Å². The Morgan fingerprint density at radius 2 is 1.50 bits per heavy atom. The summed E-state index contributed by atoms with van der Waals surface area (Å²) >= 11 is 0. The molecule has 0 aromatic heterocycles. The van der Waals surface area contributed by atoms with E-state index in [2.05, 4.69) is 0 Å². The third kappa shape index (κ3) is 1.48. The van der Waals surface area contributed by atoms with E-state index < -0.39 is 0 Å². The van der Waals surface area contributed by atoms with Crippen molar-refractivity contribution in [2.24, 2.45) is 0 Å². The van der Waals surface area contributed by atoms with Crippen molar-refractivity contribution in [3.63, 3.8) is 0 Å². The van der Waals surface area contributed by atoms with Crippen molar-refractivity contribution in [3.05, 3.63) is 42.5 Å². The summed E-state index contributed by atoms with van der Waals surface area (Å²) in [5.74, 6) is 0.350. The van der Waals surface area contributed by atoms with Crippen LogP contribution in [0.2, 0.25) is 0 Å². The molecule has 0 unspecified atom stereocenters. The Labute approximate surface area is 83.2 Å². The van der Waals surface area contributed by atoms with Gasteiger partial charge in [0.15, 0.2) is 0 Å². The van der Waals surface area contributed by atoms with Crippen molar-refractivity contribution in [3.8, 4) is 5.75 Å². The summed E-state index contributed by atoms with van der Waals surface area (Å²) < 4.78 is 0. The zero-order chi connectivity index (χ0) is 7.68. The molecule has 55 valence electrons. The Balaban J connectivity index is 0.000000720. The van der Waals surface area contributed by atoms with Gasteiger partial charge in [0.25, 0.3) is 0 Å². The molecule has 0 saturated heterocycles. The van der Waals surface area contributed by atoms with Crippen LogP contribution < -0.4 is 0 Å². The predicted octanol–water partition coefficient (Wildman–Crippen LogP) is 2.16. The molecule has 0 fully saturated rings. The molecule has 12 heavy (non-hydrogen) atoms. The second-order valence-electron chi connectivity index (χ2n) is 2.50. The van der Waals surface area contributed by atoms with Crippen LogP contribution in [0.3, 0.4) is 0 Å². The van der Waals surface area contributed by atoms with Gasteiger partial charge < -0.3 is 5.11 Å². The van der Waals surface area contributed by atoms with E-state index in [4.69, 9.17) is 0 Å². The van der Waals surface area contributed by atoms with E-state index >= 15 is 0 Å². The zero-order valence-electron chi connectivity index (χ0n) is 6.99. The van der Waals surface area contributed by atoms with Gasteiger partial charge in [0, 0.05) is 24.2 Å². The van der Waals surface area contributed by atoms with Crippen molar-refractivity contribution in [2.45, 2.75) is 0 Å². The number of aromatic hydroxyl groups is 1. The minimum Gasteiger partial charge on any atom is -0.507 e. The van der Waals surface area contributed by atoms with Crippen LogP contribution in [0.25, 0.3) is 10.8 Å². The number of fused-ring (bicyclic) bond motifs is 1. The molecule has 2 heteroatoms. The van der Waals surface area contributed by atoms with E-state index in [0.29, 0.717) is 5.75 Å². The maximum Gasteiger partial charge on any atom is 0.123 e. The quantitative estimate of drug-likeness (QED) is 0.572. The second-order valence-corrected chi connectivity index (χ2v) is 2.50. The van der Waals surface area contributed by atoms with Crippen LogP contribution in [0, 0.1) is 0 Å². The third-order valence-corrected chi connectivity index (χ3v) is 1.77. The molecule has 0 bridgehead atoms. The van der Waals surface area contributed by atoms with Gasteiger partial charge in [-0.3, -0.25) is 0 Å². The summed E-state index contributed by atoms with van der Waals surface area (Å²) in [5.41, 5.74) is 0. The topological polar surface area (TPSA) is 20.2 Å². The van der Waals surface area contributed by atoms with Crippen molar-refractivity contribution in [2.75, 3.05) is 0 Å². The number of rotatable bonds is 0. The summed E-state index contributed by atoms with van der Waals surface area (Å²) in [6, 6.07) is 13.3. The molecule has 0 saturated carbocycles. The third-order valence-electron chi connectivity index (χ3n) is 1.77. The molecule has 1 nitrogen and oxygen atoms in total. The minimum absolute atomic E-state index is 0. The fourth-order valence-electron chi connectivity index (χ4n) is 1.21. The van der Waals surface area contributed by atoms with E-state index in [0.717, 1.165) is 10.8 Å². The number of phenols is 1. The number of hydrogen-bond donors (Lipinski definition) is 1. The van der Waals surface area contributed by atoms with Crippen LogP contribution >= 0.6 is 0 Å². The fourth-order valence-corrected chi connectivity index (χ4v) is 1.21. The molecule has 1 N–H and O–H groups in total. The predicted molar refractivity (Wildman–Crippen MR) is 51.4 cm³/mol. The standard InChI is InChI=1S/C10H8O.Li/c11-10-7-3-5-8-4-1-2-6-9(8)10;/h1-7,11H;. The summed E-state index contributed by atoms with van der Waals surface area (Å²) in [7, 11) is 0. The van der Waals surface area contributed by atoms with Gasteiger partial charge >= 0.3 is 0 Å². The van der Waals surface area contributed by atoms with E-state index in [-0.39, 0.29) is 18.9 Å². The molecule has 0 spiro atoms. The SMILES string of the molecule is Oc1cccc2ccccc12.[Li].